The van der Waals surface area contributed by atoms with E-state index in [4.69, 9.17) is 10.5 Å². The maximum atomic E-state index is 13.0. The van der Waals surface area contributed by atoms with Crippen molar-refractivity contribution in [3.8, 4) is 5.75 Å². The molecule has 0 saturated heterocycles. The van der Waals surface area contributed by atoms with Crippen LogP contribution in [0.4, 0.5) is 8.78 Å². The molecule has 0 amide bonds. The van der Waals surface area contributed by atoms with Crippen LogP contribution < -0.4 is 10.5 Å². The van der Waals surface area contributed by atoms with E-state index in [-0.39, 0.29) is 11.8 Å². The Morgan fingerprint density at radius 2 is 2.07 bits per heavy atom. The highest BCUT2D eigenvalue weighted by molar-refractivity contribution is 5.33. The number of hydrogen-bond acceptors (Lipinski definition) is 2. The van der Waals surface area contributed by atoms with E-state index in [2.05, 4.69) is 0 Å². The number of benzene rings is 1. The molecule has 1 atom stereocenters. The third-order valence-electron chi connectivity index (χ3n) is 2.11. The Balaban J connectivity index is 3.16. The molecule has 0 aliphatic carbocycles. The summed E-state index contributed by atoms with van der Waals surface area (Å²) in [5.74, 6) is -2.01. The third kappa shape index (κ3) is 2.01. The van der Waals surface area contributed by atoms with Crippen molar-refractivity contribution in [3.63, 3.8) is 0 Å². The number of halogens is 2. The molecule has 1 aromatic rings. The smallest absolute Gasteiger partial charge is 0.200 e. The first-order valence-corrected chi connectivity index (χ1v) is 4.38. The van der Waals surface area contributed by atoms with Crippen molar-refractivity contribution in [3.05, 3.63) is 29.3 Å². The SMILES string of the molecule is CC[C@H](N)c1cc(F)c(F)c(OC)c1. The van der Waals surface area contributed by atoms with Crippen LogP contribution in [-0.2, 0) is 0 Å². The van der Waals surface area contributed by atoms with Gasteiger partial charge in [0.1, 0.15) is 0 Å². The summed E-state index contributed by atoms with van der Waals surface area (Å²) >= 11 is 0. The van der Waals surface area contributed by atoms with Crippen LogP contribution in [0.15, 0.2) is 12.1 Å². The normalized spacial score (nSPS) is 12.6. The first-order chi connectivity index (χ1) is 6.60. The lowest BCUT2D eigenvalue weighted by atomic mass is 10.0. The summed E-state index contributed by atoms with van der Waals surface area (Å²) in [6, 6.07) is 2.23. The van der Waals surface area contributed by atoms with E-state index in [1.54, 1.807) is 0 Å². The number of nitrogens with two attached hydrogens (primary N) is 1. The van der Waals surface area contributed by atoms with Crippen LogP contribution in [-0.4, -0.2) is 7.11 Å². The maximum Gasteiger partial charge on any atom is 0.200 e. The number of hydrogen-bond donors (Lipinski definition) is 1. The van der Waals surface area contributed by atoms with Crippen molar-refractivity contribution >= 4 is 0 Å². The van der Waals surface area contributed by atoms with Crippen LogP contribution in [0.5, 0.6) is 5.75 Å². The molecular weight excluding hydrogens is 188 g/mol. The average molecular weight is 201 g/mol. The third-order valence-corrected chi connectivity index (χ3v) is 2.11. The molecule has 0 aromatic heterocycles. The fourth-order valence-corrected chi connectivity index (χ4v) is 1.18. The molecular formula is C10H13F2NO. The van der Waals surface area contributed by atoms with Crippen LogP contribution in [0, 0.1) is 11.6 Å². The molecule has 78 valence electrons. The Morgan fingerprint density at radius 3 is 2.57 bits per heavy atom. The number of ether oxygens (including phenoxy) is 1. The second-order valence-electron chi connectivity index (χ2n) is 3.03. The standard InChI is InChI=1S/C10H13F2NO/c1-3-8(13)6-4-7(11)10(12)9(5-6)14-2/h4-5,8H,3,13H2,1-2H3/t8-/m0/s1. The lowest BCUT2D eigenvalue weighted by Crippen LogP contribution is -2.09. The lowest BCUT2D eigenvalue weighted by Gasteiger charge is -2.11. The highest BCUT2D eigenvalue weighted by Crippen LogP contribution is 2.25. The number of methoxy groups -OCH3 is 1. The van der Waals surface area contributed by atoms with E-state index in [0.717, 1.165) is 6.07 Å². The summed E-state index contributed by atoms with van der Waals surface area (Å²) in [6.45, 7) is 1.87. The van der Waals surface area contributed by atoms with Gasteiger partial charge < -0.3 is 10.5 Å². The maximum absolute atomic E-state index is 13.0. The average Bonchev–Trinajstić information content (AvgIpc) is 2.20. The number of rotatable bonds is 3. The van der Waals surface area contributed by atoms with Gasteiger partial charge in [0, 0.05) is 6.04 Å². The first-order valence-electron chi connectivity index (χ1n) is 4.38. The minimum atomic E-state index is -0.973. The van der Waals surface area contributed by atoms with Crippen molar-refractivity contribution in [1.29, 1.82) is 0 Å². The van der Waals surface area contributed by atoms with Gasteiger partial charge in [0.15, 0.2) is 11.6 Å². The summed E-state index contributed by atoms with van der Waals surface area (Å²) in [4.78, 5) is 0. The van der Waals surface area contributed by atoms with Gasteiger partial charge in [0.2, 0.25) is 5.82 Å². The van der Waals surface area contributed by atoms with E-state index in [9.17, 15) is 8.78 Å². The van der Waals surface area contributed by atoms with E-state index in [1.807, 2.05) is 6.92 Å². The summed E-state index contributed by atoms with van der Waals surface area (Å²) < 4.78 is 30.7. The zero-order valence-corrected chi connectivity index (χ0v) is 8.18. The molecule has 0 unspecified atom stereocenters. The van der Waals surface area contributed by atoms with E-state index in [0.29, 0.717) is 12.0 Å². The largest absolute Gasteiger partial charge is 0.494 e. The van der Waals surface area contributed by atoms with Crippen LogP contribution in [0.2, 0.25) is 0 Å². The fourth-order valence-electron chi connectivity index (χ4n) is 1.18. The topological polar surface area (TPSA) is 35.2 Å². The van der Waals surface area contributed by atoms with E-state index in [1.165, 1.54) is 13.2 Å². The highest BCUT2D eigenvalue weighted by atomic mass is 19.2. The van der Waals surface area contributed by atoms with Crippen LogP contribution in [0.3, 0.4) is 0 Å². The van der Waals surface area contributed by atoms with Gasteiger partial charge in [-0.15, -0.1) is 0 Å². The molecule has 1 aromatic carbocycles. The summed E-state index contributed by atoms with van der Waals surface area (Å²) in [5, 5.41) is 0. The predicted octanol–water partition coefficient (Wildman–Crippen LogP) is 2.38. The molecule has 0 heterocycles. The minimum Gasteiger partial charge on any atom is -0.494 e. The van der Waals surface area contributed by atoms with Gasteiger partial charge in [-0.1, -0.05) is 6.92 Å². The molecule has 4 heteroatoms. The van der Waals surface area contributed by atoms with E-state index < -0.39 is 11.6 Å². The Labute approximate surface area is 81.7 Å². The monoisotopic (exact) mass is 201 g/mol. The molecule has 0 bridgehead atoms. The molecule has 0 aliphatic rings. The summed E-state index contributed by atoms with van der Waals surface area (Å²) in [6.07, 6.45) is 0.661. The van der Waals surface area contributed by atoms with Gasteiger partial charge in [0.05, 0.1) is 7.11 Å². The quantitative estimate of drug-likeness (QED) is 0.814. The van der Waals surface area contributed by atoms with Gasteiger partial charge in [-0.2, -0.15) is 4.39 Å². The molecule has 0 spiro atoms. The fraction of sp³-hybridized carbons (Fsp3) is 0.400. The van der Waals surface area contributed by atoms with Crippen molar-refractivity contribution in [2.24, 2.45) is 5.73 Å². The van der Waals surface area contributed by atoms with Crippen molar-refractivity contribution in [2.75, 3.05) is 7.11 Å². The molecule has 0 radical (unpaired) electrons. The Morgan fingerprint density at radius 1 is 1.43 bits per heavy atom. The summed E-state index contributed by atoms with van der Waals surface area (Å²) in [7, 11) is 1.29. The molecule has 0 aliphatic heterocycles. The molecule has 0 saturated carbocycles. The van der Waals surface area contributed by atoms with Gasteiger partial charge in [0.25, 0.3) is 0 Å². The molecule has 1 rings (SSSR count). The van der Waals surface area contributed by atoms with Crippen molar-refractivity contribution in [1.82, 2.24) is 0 Å². The van der Waals surface area contributed by atoms with Gasteiger partial charge in [-0.3, -0.25) is 0 Å². The van der Waals surface area contributed by atoms with Crippen molar-refractivity contribution < 1.29 is 13.5 Å². The zero-order chi connectivity index (χ0) is 10.7. The van der Waals surface area contributed by atoms with Gasteiger partial charge in [-0.05, 0) is 24.1 Å². The Kier molecular flexibility index (Phi) is 3.41. The minimum absolute atomic E-state index is 0.107. The summed E-state index contributed by atoms with van der Waals surface area (Å²) in [5.41, 5.74) is 6.24. The Bertz CT molecular complexity index is 328. The van der Waals surface area contributed by atoms with Crippen LogP contribution >= 0.6 is 0 Å². The Hall–Kier alpha value is -1.16. The van der Waals surface area contributed by atoms with Gasteiger partial charge >= 0.3 is 0 Å². The molecule has 2 nitrogen and oxygen atoms in total. The lowest BCUT2D eigenvalue weighted by molar-refractivity contribution is 0.370. The van der Waals surface area contributed by atoms with Gasteiger partial charge in [-0.25, -0.2) is 4.39 Å². The molecule has 2 N–H and O–H groups in total. The zero-order valence-electron chi connectivity index (χ0n) is 8.18. The molecule has 0 fully saturated rings. The second-order valence-corrected chi connectivity index (χ2v) is 3.03. The second kappa shape index (κ2) is 4.37. The van der Waals surface area contributed by atoms with E-state index >= 15 is 0 Å². The predicted molar refractivity (Wildman–Crippen MR) is 50.1 cm³/mol. The first kappa shape index (κ1) is 10.9. The van der Waals surface area contributed by atoms with Crippen LogP contribution in [0.1, 0.15) is 24.9 Å². The molecule has 14 heavy (non-hydrogen) atoms. The van der Waals surface area contributed by atoms with Crippen LogP contribution in [0.25, 0.3) is 0 Å². The van der Waals surface area contributed by atoms with Crippen molar-refractivity contribution in [2.45, 2.75) is 19.4 Å². The highest BCUT2D eigenvalue weighted by Gasteiger charge is 2.13.